The summed E-state index contributed by atoms with van der Waals surface area (Å²) in [6, 6.07) is 11.7. The second kappa shape index (κ2) is 5.89. The molecule has 4 rings (SSSR count). The lowest BCUT2D eigenvalue weighted by Gasteiger charge is -1.98. The van der Waals surface area contributed by atoms with Crippen LogP contribution in [0.4, 0.5) is 0 Å². The highest BCUT2D eigenvalue weighted by Crippen LogP contribution is 2.36. The lowest BCUT2D eigenvalue weighted by molar-refractivity contribution is -0.112. The van der Waals surface area contributed by atoms with Gasteiger partial charge in [0.1, 0.15) is 9.88 Å². The van der Waals surface area contributed by atoms with Crippen molar-refractivity contribution >= 4 is 38.7 Å². The van der Waals surface area contributed by atoms with Gasteiger partial charge in [-0.15, -0.1) is 11.3 Å². The summed E-state index contributed by atoms with van der Waals surface area (Å²) in [5, 5.41) is 12.4. The van der Waals surface area contributed by atoms with Crippen LogP contribution in [0.15, 0.2) is 45.9 Å². The van der Waals surface area contributed by atoms with Gasteiger partial charge in [-0.1, -0.05) is 29.8 Å². The fourth-order valence-electron chi connectivity index (χ4n) is 2.83. The first-order valence-corrected chi connectivity index (χ1v) is 9.25. The SMILES string of the molecule is Cc1ccc(-c2nc(O)c(C3=c4cc(C)cc(Br)c4=NC3=O)s2)cc1. The average molecular weight is 413 g/mol. The lowest BCUT2D eigenvalue weighted by atomic mass is 10.1. The Kier molecular flexibility index (Phi) is 3.81. The number of carbonyl (C=O) groups excluding carboxylic acids is 1. The van der Waals surface area contributed by atoms with Crippen LogP contribution >= 0.6 is 27.3 Å². The molecule has 0 aliphatic carbocycles. The molecule has 0 atom stereocenters. The van der Waals surface area contributed by atoms with E-state index in [0.717, 1.165) is 26.4 Å². The molecular weight excluding hydrogens is 400 g/mol. The molecule has 0 saturated heterocycles. The molecule has 6 heteroatoms. The second-order valence-corrected chi connectivity index (χ2v) is 7.83. The molecule has 0 bridgehead atoms. The summed E-state index contributed by atoms with van der Waals surface area (Å²) in [6.07, 6.45) is 0. The minimum absolute atomic E-state index is 0.135. The molecule has 1 aliphatic heterocycles. The smallest absolute Gasteiger partial charge is 0.279 e. The van der Waals surface area contributed by atoms with Crippen molar-refractivity contribution in [2.24, 2.45) is 4.99 Å². The maximum atomic E-state index is 12.5. The zero-order chi connectivity index (χ0) is 17.7. The van der Waals surface area contributed by atoms with Crippen molar-refractivity contribution < 1.29 is 9.90 Å². The van der Waals surface area contributed by atoms with E-state index in [-0.39, 0.29) is 11.8 Å². The number of aryl methyl sites for hydroxylation is 2. The number of halogens is 1. The van der Waals surface area contributed by atoms with Gasteiger partial charge in [-0.3, -0.25) is 4.79 Å². The maximum Gasteiger partial charge on any atom is 0.279 e. The Bertz CT molecular complexity index is 1150. The van der Waals surface area contributed by atoms with Gasteiger partial charge in [-0.2, -0.15) is 0 Å². The highest BCUT2D eigenvalue weighted by molar-refractivity contribution is 9.10. The third-order valence-electron chi connectivity index (χ3n) is 4.04. The van der Waals surface area contributed by atoms with Gasteiger partial charge >= 0.3 is 0 Å². The van der Waals surface area contributed by atoms with Crippen LogP contribution in [0, 0.1) is 13.8 Å². The molecule has 4 nitrogen and oxygen atoms in total. The fraction of sp³-hybridized carbons (Fsp3) is 0.105. The minimum atomic E-state index is -0.351. The fourth-order valence-corrected chi connectivity index (χ4v) is 4.50. The number of rotatable bonds is 2. The molecule has 0 radical (unpaired) electrons. The molecule has 1 aromatic heterocycles. The van der Waals surface area contributed by atoms with Gasteiger partial charge in [0.2, 0.25) is 5.88 Å². The monoisotopic (exact) mass is 412 g/mol. The number of carbonyl (C=O) groups is 1. The first kappa shape index (κ1) is 16.2. The van der Waals surface area contributed by atoms with E-state index in [0.29, 0.717) is 20.8 Å². The van der Waals surface area contributed by atoms with Gasteiger partial charge in [-0.05, 0) is 47.5 Å². The summed E-state index contributed by atoms with van der Waals surface area (Å²) in [4.78, 5) is 21.3. The van der Waals surface area contributed by atoms with Gasteiger partial charge in [0.05, 0.1) is 10.9 Å². The first-order chi connectivity index (χ1) is 11.9. The van der Waals surface area contributed by atoms with Crippen molar-refractivity contribution in [1.29, 1.82) is 0 Å². The number of thiazole rings is 1. The van der Waals surface area contributed by atoms with E-state index in [1.165, 1.54) is 11.3 Å². The Balaban J connectivity index is 1.95. The molecule has 2 aromatic carbocycles. The number of fused-ring (bicyclic) bond motifs is 1. The Morgan fingerprint density at radius 3 is 2.52 bits per heavy atom. The van der Waals surface area contributed by atoms with E-state index in [9.17, 15) is 9.90 Å². The molecule has 0 fully saturated rings. The largest absolute Gasteiger partial charge is 0.492 e. The van der Waals surface area contributed by atoms with Crippen molar-refractivity contribution in [2.75, 3.05) is 0 Å². The van der Waals surface area contributed by atoms with Gasteiger partial charge in [-0.25, -0.2) is 9.98 Å². The number of aromatic hydroxyl groups is 1. The molecule has 3 aromatic rings. The standard InChI is InChI=1S/C19H13BrN2O2S/c1-9-3-5-11(6-4-9)19-22-18(24)16(25-19)14-12-7-10(2)8-13(20)15(12)21-17(14)23/h3-8,24H,1-2H3. The second-order valence-electron chi connectivity index (χ2n) is 5.97. The van der Waals surface area contributed by atoms with E-state index < -0.39 is 0 Å². The van der Waals surface area contributed by atoms with Crippen LogP contribution in [-0.2, 0) is 4.79 Å². The molecule has 0 spiro atoms. The molecule has 1 aliphatic rings. The number of hydrogen-bond acceptors (Lipinski definition) is 4. The van der Waals surface area contributed by atoms with Crippen LogP contribution in [0.1, 0.15) is 16.0 Å². The predicted molar refractivity (Wildman–Crippen MR) is 101 cm³/mol. The molecule has 25 heavy (non-hydrogen) atoms. The summed E-state index contributed by atoms with van der Waals surface area (Å²) < 4.78 is 0.772. The number of hydrogen-bond donors (Lipinski definition) is 1. The molecule has 0 saturated carbocycles. The Hall–Kier alpha value is -2.31. The van der Waals surface area contributed by atoms with Crippen LogP contribution in [0.2, 0.25) is 0 Å². The molecule has 0 unspecified atom stereocenters. The predicted octanol–water partition coefficient (Wildman–Crippen LogP) is 3.25. The van der Waals surface area contributed by atoms with E-state index in [4.69, 9.17) is 0 Å². The van der Waals surface area contributed by atoms with E-state index >= 15 is 0 Å². The van der Waals surface area contributed by atoms with Crippen molar-refractivity contribution in [1.82, 2.24) is 4.98 Å². The van der Waals surface area contributed by atoms with Crippen molar-refractivity contribution in [3.05, 3.63) is 67.5 Å². The highest BCUT2D eigenvalue weighted by Gasteiger charge is 2.26. The Morgan fingerprint density at radius 2 is 1.80 bits per heavy atom. The third-order valence-corrected chi connectivity index (χ3v) is 5.75. The van der Waals surface area contributed by atoms with Gasteiger partial charge in [0.25, 0.3) is 5.91 Å². The quantitative estimate of drug-likeness (QED) is 0.702. The van der Waals surface area contributed by atoms with Gasteiger partial charge in [0, 0.05) is 15.3 Å². The molecule has 1 N–H and O–H groups in total. The summed E-state index contributed by atoms with van der Waals surface area (Å²) in [6.45, 7) is 3.97. The summed E-state index contributed by atoms with van der Waals surface area (Å²) in [7, 11) is 0. The number of aromatic nitrogens is 1. The Morgan fingerprint density at radius 1 is 1.08 bits per heavy atom. The summed E-state index contributed by atoms with van der Waals surface area (Å²) in [5.41, 5.74) is 3.48. The summed E-state index contributed by atoms with van der Waals surface area (Å²) >= 11 is 4.76. The molecule has 124 valence electrons. The van der Waals surface area contributed by atoms with Crippen molar-refractivity contribution in [3.8, 4) is 16.5 Å². The summed E-state index contributed by atoms with van der Waals surface area (Å²) in [5.74, 6) is -0.486. The zero-order valence-corrected chi connectivity index (χ0v) is 15.9. The van der Waals surface area contributed by atoms with Crippen molar-refractivity contribution in [3.63, 3.8) is 0 Å². The van der Waals surface area contributed by atoms with Crippen molar-refractivity contribution in [2.45, 2.75) is 13.8 Å². The van der Waals surface area contributed by atoms with Gasteiger partial charge in [0.15, 0.2) is 0 Å². The van der Waals surface area contributed by atoms with E-state index in [1.807, 2.05) is 50.2 Å². The Labute approximate surface area is 156 Å². The van der Waals surface area contributed by atoms with Gasteiger partial charge < -0.3 is 5.11 Å². The maximum absolute atomic E-state index is 12.5. The van der Waals surface area contributed by atoms with Crippen LogP contribution in [0.3, 0.4) is 0 Å². The van der Waals surface area contributed by atoms with E-state index in [2.05, 4.69) is 25.9 Å². The number of benzene rings is 2. The molecular formula is C19H13BrN2O2S. The van der Waals surface area contributed by atoms with Crippen LogP contribution in [-0.4, -0.2) is 16.0 Å². The number of nitrogens with zero attached hydrogens (tertiary/aromatic N) is 2. The first-order valence-electron chi connectivity index (χ1n) is 7.65. The van der Waals surface area contributed by atoms with E-state index in [1.54, 1.807) is 0 Å². The normalized spacial score (nSPS) is 13.1. The number of amides is 1. The minimum Gasteiger partial charge on any atom is -0.492 e. The molecule has 1 amide bonds. The van der Waals surface area contributed by atoms with Crippen LogP contribution in [0.5, 0.6) is 5.88 Å². The zero-order valence-electron chi connectivity index (χ0n) is 13.5. The lowest BCUT2D eigenvalue weighted by Crippen LogP contribution is -2.25. The topological polar surface area (TPSA) is 62.6 Å². The van der Waals surface area contributed by atoms with Crippen LogP contribution in [0.25, 0.3) is 16.1 Å². The average Bonchev–Trinajstić information content (AvgIpc) is 3.08. The van der Waals surface area contributed by atoms with Crippen LogP contribution < -0.4 is 10.6 Å². The highest BCUT2D eigenvalue weighted by atomic mass is 79.9. The third kappa shape index (κ3) is 2.71. The molecule has 2 heterocycles.